The number of carbonyl (C=O) groups excluding carboxylic acids is 1. The standard InChI is InChI=1S/C16H20F3NO2/c1-2-3-12-10-14(12)20-15(21)9-6-11-4-7-13(8-5-11)22-16(17,18)19/h4-5,7-8,12,14H,2-3,6,9-10H2,1H3,(H,20,21)/t12-,14-/m0/s1. The summed E-state index contributed by atoms with van der Waals surface area (Å²) >= 11 is 0. The van der Waals surface area contributed by atoms with E-state index in [9.17, 15) is 18.0 Å². The summed E-state index contributed by atoms with van der Waals surface area (Å²) in [5.74, 6) is 0.369. The average Bonchev–Trinajstić information content (AvgIpc) is 3.14. The molecule has 1 aliphatic rings. The number of ether oxygens (including phenoxy) is 1. The van der Waals surface area contributed by atoms with Gasteiger partial charge in [0.2, 0.25) is 5.91 Å². The molecule has 2 rings (SSSR count). The van der Waals surface area contributed by atoms with Crippen LogP contribution >= 0.6 is 0 Å². The van der Waals surface area contributed by atoms with Crippen LogP contribution in [0.5, 0.6) is 5.75 Å². The van der Waals surface area contributed by atoms with Crippen LogP contribution in [0.4, 0.5) is 13.2 Å². The van der Waals surface area contributed by atoms with E-state index in [4.69, 9.17) is 0 Å². The highest BCUT2D eigenvalue weighted by molar-refractivity contribution is 5.76. The summed E-state index contributed by atoms with van der Waals surface area (Å²) < 4.78 is 39.9. The van der Waals surface area contributed by atoms with Crippen molar-refractivity contribution in [2.45, 2.75) is 51.4 Å². The molecule has 0 saturated heterocycles. The number of halogens is 3. The Morgan fingerprint density at radius 3 is 2.59 bits per heavy atom. The minimum absolute atomic E-state index is 0.000721. The van der Waals surface area contributed by atoms with Gasteiger partial charge in [-0.15, -0.1) is 13.2 Å². The lowest BCUT2D eigenvalue weighted by molar-refractivity contribution is -0.274. The molecule has 0 aliphatic heterocycles. The molecule has 1 fully saturated rings. The van der Waals surface area contributed by atoms with Gasteiger partial charge in [-0.05, 0) is 42.9 Å². The van der Waals surface area contributed by atoms with Crippen LogP contribution in [0.1, 0.15) is 38.2 Å². The number of aryl methyl sites for hydroxylation is 1. The maximum atomic E-state index is 12.0. The van der Waals surface area contributed by atoms with Crippen molar-refractivity contribution in [2.24, 2.45) is 5.92 Å². The molecular formula is C16H20F3NO2. The zero-order valence-corrected chi connectivity index (χ0v) is 12.5. The summed E-state index contributed by atoms with van der Waals surface area (Å²) in [5, 5.41) is 2.99. The minimum Gasteiger partial charge on any atom is -0.406 e. The second kappa shape index (κ2) is 7.03. The summed E-state index contributed by atoms with van der Waals surface area (Å²) in [7, 11) is 0. The van der Waals surface area contributed by atoms with Crippen molar-refractivity contribution in [3.05, 3.63) is 29.8 Å². The number of amides is 1. The molecule has 0 aromatic heterocycles. The van der Waals surface area contributed by atoms with Gasteiger partial charge in [0, 0.05) is 12.5 Å². The van der Waals surface area contributed by atoms with Crippen LogP contribution in [0.15, 0.2) is 24.3 Å². The summed E-state index contributed by atoms with van der Waals surface area (Å²) in [5.41, 5.74) is 0.811. The summed E-state index contributed by atoms with van der Waals surface area (Å²) in [6.45, 7) is 2.13. The first-order valence-corrected chi connectivity index (χ1v) is 7.51. The van der Waals surface area contributed by atoms with Crippen LogP contribution in [0.3, 0.4) is 0 Å². The van der Waals surface area contributed by atoms with Gasteiger partial charge >= 0.3 is 6.36 Å². The highest BCUT2D eigenvalue weighted by Gasteiger charge is 2.36. The molecule has 3 nitrogen and oxygen atoms in total. The highest BCUT2D eigenvalue weighted by Crippen LogP contribution is 2.34. The van der Waals surface area contributed by atoms with Gasteiger partial charge in [-0.1, -0.05) is 25.5 Å². The summed E-state index contributed by atoms with van der Waals surface area (Å²) in [6, 6.07) is 5.93. The highest BCUT2D eigenvalue weighted by atomic mass is 19.4. The van der Waals surface area contributed by atoms with Gasteiger partial charge in [-0.3, -0.25) is 4.79 Å². The molecule has 1 N–H and O–H groups in total. The Labute approximate surface area is 127 Å². The molecule has 6 heteroatoms. The fourth-order valence-electron chi connectivity index (χ4n) is 2.51. The maximum Gasteiger partial charge on any atom is 0.573 e. The Bertz CT molecular complexity index is 499. The number of rotatable bonds is 7. The molecule has 122 valence electrons. The first kappa shape index (κ1) is 16.6. The quantitative estimate of drug-likeness (QED) is 0.830. The van der Waals surface area contributed by atoms with Crippen LogP contribution in [0, 0.1) is 5.92 Å². The lowest BCUT2D eigenvalue weighted by Crippen LogP contribution is -2.27. The van der Waals surface area contributed by atoms with E-state index in [1.54, 1.807) is 12.1 Å². The summed E-state index contributed by atoms with van der Waals surface area (Å²) in [6.07, 6.45) is -0.503. The zero-order chi connectivity index (χ0) is 16.2. The average molecular weight is 315 g/mol. The molecular weight excluding hydrogens is 295 g/mol. The third kappa shape index (κ3) is 5.58. The zero-order valence-electron chi connectivity index (χ0n) is 12.5. The van der Waals surface area contributed by atoms with Crippen molar-refractivity contribution in [2.75, 3.05) is 0 Å². The molecule has 0 spiro atoms. The predicted molar refractivity (Wildman–Crippen MR) is 76.4 cm³/mol. The minimum atomic E-state index is -4.68. The van der Waals surface area contributed by atoms with Crippen LogP contribution < -0.4 is 10.1 Å². The maximum absolute atomic E-state index is 12.0. The van der Waals surface area contributed by atoms with Gasteiger partial charge in [0.1, 0.15) is 5.75 Å². The molecule has 0 unspecified atom stereocenters. The second-order valence-corrected chi connectivity index (χ2v) is 5.65. The van der Waals surface area contributed by atoms with E-state index in [1.807, 2.05) is 0 Å². The van der Waals surface area contributed by atoms with Crippen molar-refractivity contribution in [3.8, 4) is 5.75 Å². The molecule has 1 aromatic carbocycles. The SMILES string of the molecule is CCC[C@H]1C[C@@H]1NC(=O)CCc1ccc(OC(F)(F)F)cc1. The normalized spacial score (nSPS) is 20.5. The van der Waals surface area contributed by atoms with Gasteiger partial charge in [0.05, 0.1) is 0 Å². The number of nitrogens with one attached hydrogen (secondary N) is 1. The molecule has 22 heavy (non-hydrogen) atoms. The van der Waals surface area contributed by atoms with E-state index in [1.165, 1.54) is 12.1 Å². The molecule has 0 bridgehead atoms. The fourth-order valence-corrected chi connectivity index (χ4v) is 2.51. The van der Waals surface area contributed by atoms with Crippen molar-refractivity contribution in [3.63, 3.8) is 0 Å². The first-order chi connectivity index (χ1) is 10.4. The van der Waals surface area contributed by atoms with Crippen LogP contribution in [0.25, 0.3) is 0 Å². The van der Waals surface area contributed by atoms with Gasteiger partial charge < -0.3 is 10.1 Å². The lowest BCUT2D eigenvalue weighted by atomic mass is 10.1. The van der Waals surface area contributed by atoms with Gasteiger partial charge in [0.15, 0.2) is 0 Å². The second-order valence-electron chi connectivity index (χ2n) is 5.65. The molecule has 0 radical (unpaired) electrons. The Balaban J connectivity index is 1.71. The largest absolute Gasteiger partial charge is 0.573 e. The Kier molecular flexibility index (Phi) is 5.32. The van der Waals surface area contributed by atoms with E-state index >= 15 is 0 Å². The lowest BCUT2D eigenvalue weighted by Gasteiger charge is -2.09. The van der Waals surface area contributed by atoms with Crippen LogP contribution in [-0.4, -0.2) is 18.3 Å². The third-order valence-corrected chi connectivity index (χ3v) is 3.73. The number of alkyl halides is 3. The first-order valence-electron chi connectivity index (χ1n) is 7.51. The number of hydrogen-bond donors (Lipinski definition) is 1. The van der Waals surface area contributed by atoms with Gasteiger partial charge in [0.25, 0.3) is 0 Å². The van der Waals surface area contributed by atoms with Gasteiger partial charge in [-0.25, -0.2) is 0 Å². The molecule has 1 amide bonds. The molecule has 1 saturated carbocycles. The number of hydrogen-bond acceptors (Lipinski definition) is 2. The van der Waals surface area contributed by atoms with E-state index in [-0.39, 0.29) is 11.7 Å². The number of carbonyl (C=O) groups is 1. The van der Waals surface area contributed by atoms with Crippen molar-refractivity contribution in [1.29, 1.82) is 0 Å². The van der Waals surface area contributed by atoms with Crippen LogP contribution in [0.2, 0.25) is 0 Å². The van der Waals surface area contributed by atoms with E-state index in [0.717, 1.165) is 24.8 Å². The smallest absolute Gasteiger partial charge is 0.406 e. The summed E-state index contributed by atoms with van der Waals surface area (Å²) in [4.78, 5) is 11.8. The van der Waals surface area contributed by atoms with Crippen molar-refractivity contribution in [1.82, 2.24) is 5.32 Å². The van der Waals surface area contributed by atoms with Gasteiger partial charge in [-0.2, -0.15) is 0 Å². The van der Waals surface area contributed by atoms with E-state index in [0.29, 0.717) is 24.8 Å². The molecule has 2 atom stereocenters. The Morgan fingerprint density at radius 1 is 1.32 bits per heavy atom. The molecule has 1 aliphatic carbocycles. The third-order valence-electron chi connectivity index (χ3n) is 3.73. The monoisotopic (exact) mass is 315 g/mol. The van der Waals surface area contributed by atoms with Crippen LogP contribution in [-0.2, 0) is 11.2 Å². The fraction of sp³-hybridized carbons (Fsp3) is 0.562. The number of benzene rings is 1. The predicted octanol–water partition coefficient (Wildman–Crippen LogP) is 3.82. The molecule has 0 heterocycles. The Morgan fingerprint density at radius 2 is 2.00 bits per heavy atom. The van der Waals surface area contributed by atoms with Crippen molar-refractivity contribution >= 4 is 5.91 Å². The van der Waals surface area contributed by atoms with Crippen molar-refractivity contribution < 1.29 is 22.7 Å². The molecule has 1 aromatic rings. The Hall–Kier alpha value is -1.72. The topological polar surface area (TPSA) is 38.3 Å². The van der Waals surface area contributed by atoms with E-state index < -0.39 is 6.36 Å². The van der Waals surface area contributed by atoms with E-state index in [2.05, 4.69) is 17.0 Å².